The lowest BCUT2D eigenvalue weighted by Gasteiger charge is -2.11. The molecule has 0 radical (unpaired) electrons. The summed E-state index contributed by atoms with van der Waals surface area (Å²) in [4.78, 5) is 11.0. The number of hydrogen-bond acceptors (Lipinski definition) is 5. The molecule has 0 aliphatic carbocycles. The molecule has 1 aromatic rings. The highest BCUT2D eigenvalue weighted by Gasteiger charge is 2.17. The Balaban J connectivity index is 2.37. The van der Waals surface area contributed by atoms with Crippen LogP contribution in [-0.4, -0.2) is 41.5 Å². The molecule has 0 aromatic carbocycles. The molecular formula is C11H19N5. The fraction of sp³-hybridized carbons (Fsp3) is 0.636. The predicted molar refractivity (Wildman–Crippen MR) is 64.1 cm³/mol. The van der Waals surface area contributed by atoms with Gasteiger partial charge in [0.2, 0.25) is 5.95 Å². The van der Waals surface area contributed by atoms with Crippen molar-refractivity contribution in [3.63, 3.8) is 0 Å². The maximum absolute atomic E-state index is 5.72. The van der Waals surface area contributed by atoms with Gasteiger partial charge in [-0.05, 0) is 25.6 Å². The lowest BCUT2D eigenvalue weighted by molar-refractivity contribution is 0.351. The second-order valence-electron chi connectivity index (χ2n) is 4.30. The van der Waals surface area contributed by atoms with Crippen molar-refractivity contribution in [3.8, 4) is 0 Å². The fourth-order valence-corrected chi connectivity index (χ4v) is 2.15. The van der Waals surface area contributed by atoms with Gasteiger partial charge in [-0.25, -0.2) is 9.97 Å². The van der Waals surface area contributed by atoms with Gasteiger partial charge in [0.25, 0.3) is 0 Å². The first-order valence-corrected chi connectivity index (χ1v) is 5.73. The Morgan fingerprint density at radius 3 is 2.75 bits per heavy atom. The molecule has 5 nitrogen and oxygen atoms in total. The highest BCUT2D eigenvalue weighted by atomic mass is 15.1. The minimum Gasteiger partial charge on any atom is -0.368 e. The molecule has 1 aromatic heterocycles. The van der Waals surface area contributed by atoms with Gasteiger partial charge in [0, 0.05) is 25.9 Å². The molecule has 0 saturated carbocycles. The van der Waals surface area contributed by atoms with Gasteiger partial charge < -0.3 is 16.4 Å². The van der Waals surface area contributed by atoms with Crippen LogP contribution >= 0.6 is 0 Å². The molecule has 5 heteroatoms. The summed E-state index contributed by atoms with van der Waals surface area (Å²) in [6.07, 6.45) is 2.75. The van der Waals surface area contributed by atoms with Crippen molar-refractivity contribution in [2.24, 2.45) is 5.73 Å². The Labute approximate surface area is 95.9 Å². The third-order valence-electron chi connectivity index (χ3n) is 3.05. The van der Waals surface area contributed by atoms with E-state index < -0.39 is 0 Å². The first-order chi connectivity index (χ1) is 7.70. The van der Waals surface area contributed by atoms with Crippen LogP contribution in [0.5, 0.6) is 0 Å². The number of fused-ring (bicyclic) bond motifs is 1. The molecule has 0 saturated heterocycles. The maximum atomic E-state index is 5.72. The van der Waals surface area contributed by atoms with E-state index in [-0.39, 0.29) is 0 Å². The van der Waals surface area contributed by atoms with E-state index in [0.29, 0.717) is 12.5 Å². The third-order valence-corrected chi connectivity index (χ3v) is 3.05. The molecule has 88 valence electrons. The highest BCUT2D eigenvalue weighted by Crippen LogP contribution is 2.18. The largest absolute Gasteiger partial charge is 0.368 e. The topological polar surface area (TPSA) is 81.1 Å². The van der Waals surface area contributed by atoms with Crippen molar-refractivity contribution < 1.29 is 0 Å². The van der Waals surface area contributed by atoms with Gasteiger partial charge in [0.15, 0.2) is 0 Å². The second kappa shape index (κ2) is 4.76. The van der Waals surface area contributed by atoms with Crippen LogP contribution in [0, 0.1) is 0 Å². The Morgan fingerprint density at radius 2 is 2.00 bits per heavy atom. The van der Waals surface area contributed by atoms with Crippen LogP contribution in [0.15, 0.2) is 0 Å². The summed E-state index contributed by atoms with van der Waals surface area (Å²) in [7, 11) is 2.13. The number of hydrogen-bond donors (Lipinski definition) is 2. The third kappa shape index (κ3) is 2.31. The van der Waals surface area contributed by atoms with E-state index in [1.165, 1.54) is 5.56 Å². The van der Waals surface area contributed by atoms with E-state index in [9.17, 15) is 0 Å². The summed E-state index contributed by atoms with van der Waals surface area (Å²) < 4.78 is 0. The number of nitrogen functional groups attached to an aromatic ring is 1. The average Bonchev–Trinajstić information content (AvgIpc) is 2.42. The van der Waals surface area contributed by atoms with Crippen LogP contribution in [0.1, 0.15) is 17.0 Å². The average molecular weight is 221 g/mol. The quantitative estimate of drug-likeness (QED) is 0.709. The zero-order valence-corrected chi connectivity index (χ0v) is 9.74. The van der Waals surface area contributed by atoms with E-state index in [1.807, 2.05) is 0 Å². The standard InChI is InChI=1S/C11H19N5/c1-16-6-3-8-9(2-5-12)14-11(13)15-10(8)4-7-16/h2-7,12H2,1H3,(H2,13,14,15). The van der Waals surface area contributed by atoms with Gasteiger partial charge in [-0.1, -0.05) is 0 Å². The van der Waals surface area contributed by atoms with E-state index in [1.54, 1.807) is 0 Å². The van der Waals surface area contributed by atoms with Crippen LogP contribution < -0.4 is 11.5 Å². The van der Waals surface area contributed by atoms with Crippen molar-refractivity contribution in [2.45, 2.75) is 19.3 Å². The zero-order valence-electron chi connectivity index (χ0n) is 9.74. The van der Waals surface area contributed by atoms with Crippen LogP contribution in [-0.2, 0) is 19.3 Å². The van der Waals surface area contributed by atoms with Crippen LogP contribution in [0.4, 0.5) is 5.95 Å². The zero-order chi connectivity index (χ0) is 11.5. The molecule has 16 heavy (non-hydrogen) atoms. The Morgan fingerprint density at radius 1 is 1.25 bits per heavy atom. The summed E-state index contributed by atoms with van der Waals surface area (Å²) in [6.45, 7) is 2.70. The number of rotatable bonds is 2. The molecule has 4 N–H and O–H groups in total. The van der Waals surface area contributed by atoms with Crippen molar-refractivity contribution in [1.82, 2.24) is 14.9 Å². The molecule has 0 amide bonds. The van der Waals surface area contributed by atoms with E-state index >= 15 is 0 Å². The molecule has 0 fully saturated rings. The number of anilines is 1. The van der Waals surface area contributed by atoms with Gasteiger partial charge >= 0.3 is 0 Å². The normalized spacial score (nSPS) is 16.9. The summed E-state index contributed by atoms with van der Waals surface area (Å²) >= 11 is 0. The molecule has 1 aliphatic rings. The fourth-order valence-electron chi connectivity index (χ4n) is 2.15. The van der Waals surface area contributed by atoms with E-state index in [4.69, 9.17) is 11.5 Å². The first kappa shape index (κ1) is 11.3. The van der Waals surface area contributed by atoms with Crippen molar-refractivity contribution in [3.05, 3.63) is 17.0 Å². The number of nitrogens with zero attached hydrogens (tertiary/aromatic N) is 3. The summed E-state index contributed by atoms with van der Waals surface area (Å²) in [5.41, 5.74) is 14.7. The van der Waals surface area contributed by atoms with Gasteiger partial charge in [0.05, 0.1) is 11.4 Å². The van der Waals surface area contributed by atoms with Gasteiger partial charge in [-0.2, -0.15) is 0 Å². The van der Waals surface area contributed by atoms with Crippen LogP contribution in [0.2, 0.25) is 0 Å². The smallest absolute Gasteiger partial charge is 0.220 e. The SMILES string of the molecule is CN1CCc2nc(N)nc(CCN)c2CC1. The predicted octanol–water partition coefficient (Wildman–Crippen LogP) is -0.410. The molecule has 2 heterocycles. The lowest BCUT2D eigenvalue weighted by Crippen LogP contribution is -2.20. The number of nitrogens with two attached hydrogens (primary N) is 2. The monoisotopic (exact) mass is 221 g/mol. The van der Waals surface area contributed by atoms with Gasteiger partial charge in [-0.3, -0.25) is 0 Å². The second-order valence-corrected chi connectivity index (χ2v) is 4.30. The van der Waals surface area contributed by atoms with Crippen LogP contribution in [0.25, 0.3) is 0 Å². The molecule has 2 rings (SSSR count). The molecule has 1 aliphatic heterocycles. The maximum Gasteiger partial charge on any atom is 0.220 e. The van der Waals surface area contributed by atoms with Gasteiger partial charge in [0.1, 0.15) is 0 Å². The lowest BCUT2D eigenvalue weighted by atomic mass is 10.0. The van der Waals surface area contributed by atoms with E-state index in [0.717, 1.165) is 43.7 Å². The van der Waals surface area contributed by atoms with Crippen molar-refractivity contribution in [1.29, 1.82) is 0 Å². The number of likely N-dealkylation sites (N-methyl/N-ethyl adjacent to an activating group) is 1. The van der Waals surface area contributed by atoms with Crippen molar-refractivity contribution >= 4 is 5.95 Å². The Bertz CT molecular complexity index is 377. The molecule has 0 bridgehead atoms. The minimum atomic E-state index is 0.381. The molecule has 0 spiro atoms. The Hall–Kier alpha value is -1.20. The van der Waals surface area contributed by atoms with Crippen LogP contribution in [0.3, 0.4) is 0 Å². The summed E-state index contributed by atoms with van der Waals surface area (Å²) in [5, 5.41) is 0. The molecule has 0 unspecified atom stereocenters. The Kier molecular flexibility index (Phi) is 3.36. The molecular weight excluding hydrogens is 202 g/mol. The highest BCUT2D eigenvalue weighted by molar-refractivity contribution is 5.33. The summed E-state index contributed by atoms with van der Waals surface area (Å²) in [6, 6.07) is 0. The van der Waals surface area contributed by atoms with Crippen molar-refractivity contribution in [2.75, 3.05) is 32.4 Å². The van der Waals surface area contributed by atoms with Gasteiger partial charge in [-0.15, -0.1) is 0 Å². The van der Waals surface area contributed by atoms with E-state index in [2.05, 4.69) is 21.9 Å². The minimum absolute atomic E-state index is 0.381. The summed E-state index contributed by atoms with van der Waals surface area (Å²) in [5.74, 6) is 0.381. The number of aromatic nitrogens is 2. The molecule has 0 atom stereocenters. The first-order valence-electron chi connectivity index (χ1n) is 5.73.